The van der Waals surface area contributed by atoms with Gasteiger partial charge in [-0.3, -0.25) is 0 Å². The zero-order valence-electron chi connectivity index (χ0n) is 10.9. The van der Waals surface area contributed by atoms with Crippen LogP contribution in [0.4, 0.5) is 18.9 Å². The van der Waals surface area contributed by atoms with Gasteiger partial charge in [-0.25, -0.2) is 0 Å². The van der Waals surface area contributed by atoms with Crippen molar-refractivity contribution in [3.8, 4) is 0 Å². The van der Waals surface area contributed by atoms with Crippen LogP contribution in [0, 0.1) is 5.92 Å². The zero-order chi connectivity index (χ0) is 14.3. The lowest BCUT2D eigenvalue weighted by molar-refractivity contribution is -0.137. The molecule has 1 aromatic carbocycles. The monoisotopic (exact) mass is 286 g/mol. The highest BCUT2D eigenvalue weighted by Gasteiger charge is 2.50. The van der Waals surface area contributed by atoms with E-state index in [4.69, 9.17) is 10.5 Å². The molecule has 2 fully saturated rings. The molecule has 1 aromatic rings. The molecule has 1 aliphatic heterocycles. The van der Waals surface area contributed by atoms with E-state index in [2.05, 4.69) is 5.32 Å². The summed E-state index contributed by atoms with van der Waals surface area (Å²) in [5.41, 5.74) is 6.10. The summed E-state index contributed by atoms with van der Waals surface area (Å²) in [6, 6.07) is 5.01. The molecule has 2 aliphatic rings. The third-order valence-electron chi connectivity index (χ3n) is 4.22. The molecule has 1 saturated heterocycles. The number of anilines is 1. The molecular weight excluding hydrogens is 269 g/mol. The summed E-state index contributed by atoms with van der Waals surface area (Å²) >= 11 is 0. The fourth-order valence-corrected chi connectivity index (χ4v) is 3.07. The maximum absolute atomic E-state index is 12.5. The Morgan fingerprint density at radius 1 is 1.20 bits per heavy atom. The van der Waals surface area contributed by atoms with Crippen molar-refractivity contribution in [1.29, 1.82) is 0 Å². The van der Waals surface area contributed by atoms with E-state index in [1.165, 1.54) is 12.1 Å². The highest BCUT2D eigenvalue weighted by Crippen LogP contribution is 2.39. The van der Waals surface area contributed by atoms with Gasteiger partial charge >= 0.3 is 6.18 Å². The average molecular weight is 286 g/mol. The minimum Gasteiger partial charge on any atom is -0.378 e. The Morgan fingerprint density at radius 3 is 2.55 bits per heavy atom. The van der Waals surface area contributed by atoms with Crippen LogP contribution in [0.2, 0.25) is 0 Å². The fourth-order valence-electron chi connectivity index (χ4n) is 3.07. The van der Waals surface area contributed by atoms with Gasteiger partial charge in [-0.1, -0.05) is 0 Å². The summed E-state index contributed by atoms with van der Waals surface area (Å²) in [6.07, 6.45) is -2.12. The number of hydrogen-bond donors (Lipinski definition) is 2. The van der Waals surface area contributed by atoms with Crippen molar-refractivity contribution in [3.05, 3.63) is 29.8 Å². The summed E-state index contributed by atoms with van der Waals surface area (Å²) in [5, 5.41) is 3.19. The van der Waals surface area contributed by atoms with Crippen LogP contribution < -0.4 is 11.1 Å². The highest BCUT2D eigenvalue weighted by molar-refractivity contribution is 5.47. The molecule has 6 heteroatoms. The van der Waals surface area contributed by atoms with Crippen LogP contribution in [0.15, 0.2) is 24.3 Å². The van der Waals surface area contributed by atoms with Crippen molar-refractivity contribution in [2.24, 2.45) is 11.7 Å². The molecule has 3 rings (SSSR count). The Balaban J connectivity index is 1.66. The third-order valence-corrected chi connectivity index (χ3v) is 4.22. The molecule has 3 nitrogen and oxygen atoms in total. The van der Waals surface area contributed by atoms with Crippen LogP contribution in [0.3, 0.4) is 0 Å². The second kappa shape index (κ2) is 4.93. The minimum atomic E-state index is -4.30. The molecule has 4 atom stereocenters. The quantitative estimate of drug-likeness (QED) is 0.878. The Morgan fingerprint density at radius 2 is 1.90 bits per heavy atom. The number of fused-ring (bicyclic) bond motifs is 1. The van der Waals surface area contributed by atoms with Crippen LogP contribution in [-0.4, -0.2) is 24.8 Å². The number of halogens is 3. The van der Waals surface area contributed by atoms with Crippen LogP contribution in [-0.2, 0) is 10.9 Å². The normalized spacial score (nSPS) is 33.2. The summed E-state index contributed by atoms with van der Waals surface area (Å²) < 4.78 is 43.1. The first kappa shape index (κ1) is 13.7. The molecule has 1 heterocycles. The second-order valence-corrected chi connectivity index (χ2v) is 5.46. The van der Waals surface area contributed by atoms with Gasteiger partial charge in [0.1, 0.15) is 0 Å². The number of alkyl halides is 3. The first-order valence-corrected chi connectivity index (χ1v) is 6.78. The fraction of sp³-hybridized carbons (Fsp3) is 0.571. The maximum Gasteiger partial charge on any atom is 0.416 e. The van der Waals surface area contributed by atoms with Crippen molar-refractivity contribution < 1.29 is 17.9 Å². The summed E-state index contributed by atoms with van der Waals surface area (Å²) in [6.45, 7) is 0.735. The number of nitrogens with two attached hydrogens (primary N) is 1. The number of rotatable bonds is 2. The molecule has 3 N–H and O–H groups in total. The van der Waals surface area contributed by atoms with Crippen molar-refractivity contribution in [2.45, 2.75) is 37.2 Å². The zero-order valence-corrected chi connectivity index (χ0v) is 10.9. The molecule has 0 spiro atoms. The average Bonchev–Trinajstić information content (AvgIpc) is 2.44. The molecule has 20 heavy (non-hydrogen) atoms. The van der Waals surface area contributed by atoms with Gasteiger partial charge in [-0.2, -0.15) is 13.2 Å². The minimum absolute atomic E-state index is 0.00240. The van der Waals surface area contributed by atoms with Crippen molar-refractivity contribution in [1.82, 2.24) is 0 Å². The predicted octanol–water partition coefficient (Wildman–Crippen LogP) is 2.62. The number of ether oxygens (including phenoxy) is 1. The Hall–Kier alpha value is -1.27. The van der Waals surface area contributed by atoms with E-state index < -0.39 is 11.7 Å². The van der Waals surface area contributed by atoms with E-state index in [1.807, 2.05) is 0 Å². The van der Waals surface area contributed by atoms with E-state index in [9.17, 15) is 13.2 Å². The third kappa shape index (κ3) is 2.38. The molecule has 0 amide bonds. The number of nitrogens with one attached hydrogen (secondary N) is 1. The lowest BCUT2D eigenvalue weighted by atomic mass is 9.68. The molecule has 110 valence electrons. The van der Waals surface area contributed by atoms with Crippen molar-refractivity contribution >= 4 is 5.69 Å². The maximum atomic E-state index is 12.5. The van der Waals surface area contributed by atoms with Gasteiger partial charge in [-0.15, -0.1) is 0 Å². The summed E-state index contributed by atoms with van der Waals surface area (Å²) in [5.74, 6) is 0.371. The molecular formula is C14H17F3N2O. The van der Waals surface area contributed by atoms with E-state index >= 15 is 0 Å². The molecule has 4 unspecified atom stereocenters. The molecule has 1 aliphatic carbocycles. The van der Waals surface area contributed by atoms with Crippen LogP contribution in [0.1, 0.15) is 18.4 Å². The van der Waals surface area contributed by atoms with Gasteiger partial charge in [0, 0.05) is 24.3 Å². The second-order valence-electron chi connectivity index (χ2n) is 5.46. The molecule has 0 radical (unpaired) electrons. The highest BCUT2D eigenvalue weighted by atomic mass is 19.4. The van der Waals surface area contributed by atoms with Gasteiger partial charge in [0.2, 0.25) is 0 Å². The summed E-state index contributed by atoms with van der Waals surface area (Å²) in [7, 11) is 0. The lowest BCUT2D eigenvalue weighted by Crippen LogP contribution is -2.69. The first-order chi connectivity index (χ1) is 9.47. The van der Waals surface area contributed by atoms with Gasteiger partial charge in [0.15, 0.2) is 0 Å². The number of benzene rings is 1. The van der Waals surface area contributed by atoms with Crippen LogP contribution >= 0.6 is 0 Å². The number of hydrogen-bond acceptors (Lipinski definition) is 3. The van der Waals surface area contributed by atoms with Gasteiger partial charge < -0.3 is 15.8 Å². The first-order valence-electron chi connectivity index (χ1n) is 6.78. The van der Waals surface area contributed by atoms with Crippen molar-refractivity contribution in [3.63, 3.8) is 0 Å². The van der Waals surface area contributed by atoms with Crippen molar-refractivity contribution in [2.75, 3.05) is 11.9 Å². The largest absolute Gasteiger partial charge is 0.416 e. The molecule has 1 saturated carbocycles. The van der Waals surface area contributed by atoms with E-state index in [0.717, 1.165) is 31.6 Å². The van der Waals surface area contributed by atoms with E-state index in [0.29, 0.717) is 11.6 Å². The predicted molar refractivity (Wildman–Crippen MR) is 69.3 cm³/mol. The van der Waals surface area contributed by atoms with Gasteiger partial charge in [-0.05, 0) is 37.1 Å². The Bertz CT molecular complexity index is 474. The molecule has 0 aromatic heterocycles. The smallest absolute Gasteiger partial charge is 0.378 e. The SMILES string of the molecule is NC1C2CCCOC2C1Nc1ccc(C(F)(F)F)cc1. The molecule has 0 bridgehead atoms. The van der Waals surface area contributed by atoms with Gasteiger partial charge in [0.05, 0.1) is 17.7 Å². The van der Waals surface area contributed by atoms with E-state index in [-0.39, 0.29) is 18.2 Å². The topological polar surface area (TPSA) is 47.3 Å². The summed E-state index contributed by atoms with van der Waals surface area (Å²) in [4.78, 5) is 0. The lowest BCUT2D eigenvalue weighted by Gasteiger charge is -2.52. The van der Waals surface area contributed by atoms with Crippen LogP contribution in [0.25, 0.3) is 0 Å². The van der Waals surface area contributed by atoms with Crippen LogP contribution in [0.5, 0.6) is 0 Å². The Kier molecular flexibility index (Phi) is 3.38. The Labute approximate surface area is 115 Å². The van der Waals surface area contributed by atoms with E-state index in [1.54, 1.807) is 0 Å². The van der Waals surface area contributed by atoms with Gasteiger partial charge in [0.25, 0.3) is 0 Å². The standard InChI is InChI=1S/C14H17F3N2O/c15-14(16,17)8-3-5-9(6-4-8)19-12-11(18)10-2-1-7-20-13(10)12/h3-6,10-13,19H,1-2,7,18H2.